The predicted molar refractivity (Wildman–Crippen MR) is 92.1 cm³/mol. The van der Waals surface area contributed by atoms with Crippen LogP contribution in [0.2, 0.25) is 0 Å². The summed E-state index contributed by atoms with van der Waals surface area (Å²) in [5, 5.41) is 0. The molecular weight excluding hydrogens is 292 g/mol. The third kappa shape index (κ3) is 3.52. The van der Waals surface area contributed by atoms with Gasteiger partial charge in [-0.15, -0.1) is 0 Å². The summed E-state index contributed by atoms with van der Waals surface area (Å²) in [7, 11) is -0.941. The van der Waals surface area contributed by atoms with Crippen LogP contribution < -0.4 is 0 Å². The number of aromatic nitrogens is 2. The van der Waals surface area contributed by atoms with Crippen molar-refractivity contribution < 1.29 is 4.21 Å². The lowest BCUT2D eigenvalue weighted by Crippen LogP contribution is -1.98. The van der Waals surface area contributed by atoms with Crippen molar-refractivity contribution in [2.75, 3.05) is 5.75 Å². The van der Waals surface area contributed by atoms with E-state index in [4.69, 9.17) is 0 Å². The first-order valence-corrected chi connectivity index (χ1v) is 8.71. The van der Waals surface area contributed by atoms with Crippen molar-refractivity contribution in [3.8, 4) is 0 Å². The molecule has 0 bridgehead atoms. The van der Waals surface area contributed by atoms with Crippen LogP contribution in [0.15, 0.2) is 60.9 Å². The minimum atomic E-state index is -0.941. The van der Waals surface area contributed by atoms with Crippen molar-refractivity contribution in [3.05, 3.63) is 77.8 Å². The second-order valence-corrected chi connectivity index (χ2v) is 6.72. The van der Waals surface area contributed by atoms with Crippen LogP contribution in [0.5, 0.6) is 0 Å². The molecule has 0 radical (unpaired) electrons. The van der Waals surface area contributed by atoms with Gasteiger partial charge in [-0.1, -0.05) is 48.6 Å². The van der Waals surface area contributed by atoms with Crippen LogP contribution in [0, 0.1) is 6.92 Å². The van der Waals surface area contributed by atoms with Gasteiger partial charge in [0.05, 0.1) is 11.4 Å². The smallest absolute Gasteiger partial charge is 0.139 e. The molecule has 3 aromatic rings. The van der Waals surface area contributed by atoms with Crippen LogP contribution >= 0.6 is 0 Å². The largest absolute Gasteiger partial charge is 0.307 e. The van der Waals surface area contributed by atoms with Gasteiger partial charge >= 0.3 is 0 Å². The quantitative estimate of drug-likeness (QED) is 0.721. The van der Waals surface area contributed by atoms with Crippen molar-refractivity contribution >= 4 is 22.5 Å². The first kappa shape index (κ1) is 14.7. The Hall–Kier alpha value is -2.20. The minimum Gasteiger partial charge on any atom is -0.307 e. The molecule has 3 rings (SSSR count). The number of hydrogen-bond donors (Lipinski definition) is 0. The highest BCUT2D eigenvalue weighted by Gasteiger charge is 2.06. The summed E-state index contributed by atoms with van der Waals surface area (Å²) < 4.78 is 14.2. The topological polar surface area (TPSA) is 34.4 Å². The Balaban J connectivity index is 1.63. The molecule has 0 aliphatic heterocycles. The molecule has 0 spiro atoms. The molecule has 0 aliphatic rings. The zero-order valence-electron chi connectivity index (χ0n) is 12.5. The zero-order valence-corrected chi connectivity index (χ0v) is 13.3. The van der Waals surface area contributed by atoms with E-state index in [1.807, 2.05) is 78.3 Å². The molecule has 3 nitrogen and oxygen atoms in total. The first-order valence-electron chi connectivity index (χ1n) is 7.22. The van der Waals surface area contributed by atoms with Gasteiger partial charge in [-0.25, -0.2) is 4.98 Å². The highest BCUT2D eigenvalue weighted by molar-refractivity contribution is 7.84. The van der Waals surface area contributed by atoms with E-state index in [1.54, 1.807) is 0 Å². The summed E-state index contributed by atoms with van der Waals surface area (Å²) in [6.45, 7) is 2.03. The molecule has 0 saturated carbocycles. The van der Waals surface area contributed by atoms with E-state index in [2.05, 4.69) is 4.98 Å². The van der Waals surface area contributed by atoms with Crippen LogP contribution in [-0.2, 0) is 16.6 Å². The van der Waals surface area contributed by atoms with E-state index in [0.717, 1.165) is 22.5 Å². The summed E-state index contributed by atoms with van der Waals surface area (Å²) in [6, 6.07) is 14.1. The first-order chi connectivity index (χ1) is 10.7. The van der Waals surface area contributed by atoms with Gasteiger partial charge in [0.15, 0.2) is 0 Å². The van der Waals surface area contributed by atoms with E-state index < -0.39 is 10.8 Å². The second-order valence-electron chi connectivity index (χ2n) is 5.22. The summed E-state index contributed by atoms with van der Waals surface area (Å²) in [4.78, 5) is 4.56. The maximum Gasteiger partial charge on any atom is 0.139 e. The van der Waals surface area contributed by atoms with Gasteiger partial charge in [0.1, 0.15) is 5.65 Å². The minimum absolute atomic E-state index is 0.486. The van der Waals surface area contributed by atoms with Crippen molar-refractivity contribution in [3.63, 3.8) is 0 Å². The number of imidazole rings is 1. The highest BCUT2D eigenvalue weighted by Crippen LogP contribution is 2.11. The van der Waals surface area contributed by atoms with Crippen LogP contribution in [0.4, 0.5) is 0 Å². The van der Waals surface area contributed by atoms with Gasteiger partial charge < -0.3 is 4.40 Å². The van der Waals surface area contributed by atoms with E-state index in [-0.39, 0.29) is 0 Å². The van der Waals surface area contributed by atoms with Crippen LogP contribution in [0.1, 0.15) is 16.8 Å². The lowest BCUT2D eigenvalue weighted by molar-refractivity contribution is 0.684. The normalized spacial score (nSPS) is 13.0. The molecule has 1 unspecified atom stereocenters. The van der Waals surface area contributed by atoms with Crippen LogP contribution in [0.25, 0.3) is 11.7 Å². The predicted octanol–water partition coefficient (Wildman–Crippen LogP) is 3.60. The SMILES string of the molecule is Cc1cccn2cc(CS(=O)CC=Cc3ccccc3)nc12. The zero-order chi connectivity index (χ0) is 15.4. The summed E-state index contributed by atoms with van der Waals surface area (Å²) in [5.74, 6) is 1.03. The van der Waals surface area contributed by atoms with E-state index in [9.17, 15) is 4.21 Å². The van der Waals surface area contributed by atoms with Crippen LogP contribution in [0.3, 0.4) is 0 Å². The maximum absolute atomic E-state index is 12.2. The molecule has 0 amide bonds. The van der Waals surface area contributed by atoms with Crippen molar-refractivity contribution in [2.45, 2.75) is 12.7 Å². The fourth-order valence-electron chi connectivity index (χ4n) is 2.35. The number of rotatable bonds is 5. The van der Waals surface area contributed by atoms with Crippen molar-refractivity contribution in [2.24, 2.45) is 0 Å². The molecule has 2 heterocycles. The Morgan fingerprint density at radius 1 is 1.18 bits per heavy atom. The summed E-state index contributed by atoms with van der Waals surface area (Å²) in [5.41, 5.74) is 4.07. The molecule has 2 aromatic heterocycles. The average Bonchev–Trinajstić information content (AvgIpc) is 2.92. The lowest BCUT2D eigenvalue weighted by atomic mass is 10.2. The Morgan fingerprint density at radius 3 is 2.77 bits per heavy atom. The molecule has 0 N–H and O–H groups in total. The van der Waals surface area contributed by atoms with E-state index in [0.29, 0.717) is 11.5 Å². The summed E-state index contributed by atoms with van der Waals surface area (Å²) in [6.07, 6.45) is 7.90. The Labute approximate surface area is 132 Å². The van der Waals surface area contributed by atoms with Crippen molar-refractivity contribution in [1.29, 1.82) is 0 Å². The van der Waals surface area contributed by atoms with E-state index >= 15 is 0 Å². The molecule has 0 aliphatic carbocycles. The van der Waals surface area contributed by atoms with E-state index in [1.165, 1.54) is 0 Å². The van der Waals surface area contributed by atoms with Gasteiger partial charge in [-0.2, -0.15) is 0 Å². The van der Waals surface area contributed by atoms with Crippen molar-refractivity contribution in [1.82, 2.24) is 9.38 Å². The highest BCUT2D eigenvalue weighted by atomic mass is 32.2. The molecule has 1 atom stereocenters. The standard InChI is InChI=1S/C18H18N2OS/c1-15-7-5-11-20-13-17(19-18(15)20)14-22(21)12-6-10-16-8-3-2-4-9-16/h2-11,13H,12,14H2,1H3. The molecular formula is C18H18N2OS. The Bertz CT molecular complexity index is 821. The maximum atomic E-state index is 12.2. The molecule has 4 heteroatoms. The number of nitrogens with zero attached hydrogens (tertiary/aromatic N) is 2. The van der Waals surface area contributed by atoms with Gasteiger partial charge in [0.25, 0.3) is 0 Å². The molecule has 1 aromatic carbocycles. The fraction of sp³-hybridized carbons (Fsp3) is 0.167. The van der Waals surface area contributed by atoms with Gasteiger partial charge in [-0.05, 0) is 24.1 Å². The fourth-order valence-corrected chi connectivity index (χ4v) is 3.25. The molecule has 112 valence electrons. The number of hydrogen-bond acceptors (Lipinski definition) is 2. The molecule has 0 saturated heterocycles. The summed E-state index contributed by atoms with van der Waals surface area (Å²) >= 11 is 0. The molecule has 22 heavy (non-hydrogen) atoms. The number of fused-ring (bicyclic) bond motifs is 1. The third-order valence-corrected chi connectivity index (χ3v) is 4.61. The number of benzene rings is 1. The van der Waals surface area contributed by atoms with Crippen LogP contribution in [-0.4, -0.2) is 19.3 Å². The Morgan fingerprint density at radius 2 is 2.00 bits per heavy atom. The lowest BCUT2D eigenvalue weighted by Gasteiger charge is -1.95. The Kier molecular flexibility index (Phi) is 4.49. The monoisotopic (exact) mass is 310 g/mol. The molecule has 0 fully saturated rings. The average molecular weight is 310 g/mol. The third-order valence-electron chi connectivity index (χ3n) is 3.43. The van der Waals surface area contributed by atoms with Gasteiger partial charge in [0, 0.05) is 28.9 Å². The second kappa shape index (κ2) is 6.71. The number of pyridine rings is 1. The van der Waals surface area contributed by atoms with Gasteiger partial charge in [-0.3, -0.25) is 4.21 Å². The van der Waals surface area contributed by atoms with Gasteiger partial charge in [0.2, 0.25) is 0 Å². The number of aryl methyl sites for hydroxylation is 1.